The third kappa shape index (κ3) is 5.95. The first-order valence-corrected chi connectivity index (χ1v) is 8.31. The molecule has 3 nitrogen and oxygen atoms in total. The summed E-state index contributed by atoms with van der Waals surface area (Å²) in [7, 11) is 0. The summed E-state index contributed by atoms with van der Waals surface area (Å²) < 4.78 is 0. The highest BCUT2D eigenvalue weighted by Gasteiger charge is 2.02. The molecule has 0 fully saturated rings. The fourth-order valence-corrected chi connectivity index (χ4v) is 2.50. The van der Waals surface area contributed by atoms with E-state index < -0.39 is 0 Å². The minimum absolute atomic E-state index is 0.206. The Bertz CT molecular complexity index is 638. The zero-order valence-corrected chi connectivity index (χ0v) is 14.4. The minimum Gasteiger partial charge on any atom is -0.338 e. The molecule has 0 heterocycles. The highest BCUT2D eigenvalue weighted by Crippen LogP contribution is 2.16. The summed E-state index contributed by atoms with van der Waals surface area (Å²) in [6.07, 6.45) is 1.86. The van der Waals surface area contributed by atoms with Crippen molar-refractivity contribution in [3.05, 3.63) is 64.7 Å². The van der Waals surface area contributed by atoms with Gasteiger partial charge in [-0.15, -0.1) is 0 Å². The van der Waals surface area contributed by atoms with Gasteiger partial charge in [0.05, 0.1) is 0 Å². The summed E-state index contributed by atoms with van der Waals surface area (Å²) in [5.74, 6) is 0.556. The fourth-order valence-electron chi connectivity index (χ4n) is 2.31. The molecule has 2 aromatic rings. The Balaban J connectivity index is 1.69. The lowest BCUT2D eigenvalue weighted by molar-refractivity contribution is 0.252. The lowest BCUT2D eigenvalue weighted by Gasteiger charge is -2.09. The number of nitrogens with one attached hydrogen (secondary N) is 2. The number of carbonyl (C=O) groups is 1. The Hall–Kier alpha value is -2.00. The van der Waals surface area contributed by atoms with E-state index in [2.05, 4.69) is 48.7 Å². The van der Waals surface area contributed by atoms with Crippen LogP contribution in [0.2, 0.25) is 5.02 Å². The maximum absolute atomic E-state index is 11.8. The van der Waals surface area contributed by atoms with Crippen molar-refractivity contribution in [2.75, 3.05) is 11.9 Å². The molecule has 0 bridgehead atoms. The van der Waals surface area contributed by atoms with Gasteiger partial charge in [-0.25, -0.2) is 4.79 Å². The van der Waals surface area contributed by atoms with E-state index in [0.29, 0.717) is 23.2 Å². The van der Waals surface area contributed by atoms with Crippen LogP contribution >= 0.6 is 11.6 Å². The van der Waals surface area contributed by atoms with E-state index in [1.807, 2.05) is 6.07 Å². The van der Waals surface area contributed by atoms with E-state index in [-0.39, 0.29) is 6.03 Å². The van der Waals surface area contributed by atoms with Crippen molar-refractivity contribution in [1.29, 1.82) is 0 Å². The summed E-state index contributed by atoms with van der Waals surface area (Å²) in [4.78, 5) is 11.8. The molecule has 0 spiro atoms. The van der Waals surface area contributed by atoms with Crippen LogP contribution in [0.15, 0.2) is 48.5 Å². The molecule has 0 radical (unpaired) electrons. The van der Waals surface area contributed by atoms with Gasteiger partial charge in [-0.2, -0.15) is 0 Å². The molecule has 0 unspecified atom stereocenters. The van der Waals surface area contributed by atoms with E-state index >= 15 is 0 Å². The van der Waals surface area contributed by atoms with Crippen molar-refractivity contribution in [2.45, 2.75) is 32.6 Å². The number of benzene rings is 2. The molecule has 2 amide bonds. The van der Waals surface area contributed by atoms with Gasteiger partial charge in [0.2, 0.25) is 0 Å². The van der Waals surface area contributed by atoms with Crippen LogP contribution in [0.3, 0.4) is 0 Å². The van der Waals surface area contributed by atoms with E-state index in [1.54, 1.807) is 18.2 Å². The van der Waals surface area contributed by atoms with Crippen molar-refractivity contribution >= 4 is 23.3 Å². The van der Waals surface area contributed by atoms with Gasteiger partial charge in [0.25, 0.3) is 0 Å². The number of urea groups is 1. The second kappa shape index (κ2) is 8.59. The average Bonchev–Trinajstić information content (AvgIpc) is 2.52. The van der Waals surface area contributed by atoms with Gasteiger partial charge >= 0.3 is 6.03 Å². The van der Waals surface area contributed by atoms with Crippen LogP contribution in [0.1, 0.15) is 37.3 Å². The summed E-state index contributed by atoms with van der Waals surface area (Å²) in [6.45, 7) is 5.02. The monoisotopic (exact) mass is 330 g/mol. The zero-order valence-electron chi connectivity index (χ0n) is 13.6. The number of carbonyl (C=O) groups excluding carboxylic acids is 1. The smallest absolute Gasteiger partial charge is 0.319 e. The first-order valence-electron chi connectivity index (χ1n) is 7.94. The average molecular weight is 331 g/mol. The van der Waals surface area contributed by atoms with Crippen LogP contribution in [-0.4, -0.2) is 12.6 Å². The zero-order chi connectivity index (χ0) is 16.7. The molecule has 0 saturated carbocycles. The van der Waals surface area contributed by atoms with Crippen LogP contribution in [0.5, 0.6) is 0 Å². The van der Waals surface area contributed by atoms with E-state index in [1.165, 1.54) is 11.1 Å². The van der Waals surface area contributed by atoms with Crippen molar-refractivity contribution in [3.8, 4) is 0 Å². The molecule has 0 saturated heterocycles. The van der Waals surface area contributed by atoms with Crippen molar-refractivity contribution in [2.24, 2.45) is 0 Å². The first kappa shape index (κ1) is 17.4. The van der Waals surface area contributed by atoms with Gasteiger partial charge < -0.3 is 10.6 Å². The third-order valence-corrected chi connectivity index (χ3v) is 3.89. The van der Waals surface area contributed by atoms with Gasteiger partial charge in [-0.1, -0.05) is 55.8 Å². The van der Waals surface area contributed by atoms with Crippen molar-refractivity contribution in [1.82, 2.24) is 5.32 Å². The Morgan fingerprint density at radius 3 is 2.52 bits per heavy atom. The minimum atomic E-state index is -0.206. The van der Waals surface area contributed by atoms with Gasteiger partial charge in [0.1, 0.15) is 0 Å². The molecule has 2 aromatic carbocycles. The number of hydrogen-bond acceptors (Lipinski definition) is 1. The van der Waals surface area contributed by atoms with Gasteiger partial charge in [-0.05, 0) is 48.1 Å². The van der Waals surface area contributed by atoms with Crippen LogP contribution in [0, 0.1) is 0 Å². The maximum atomic E-state index is 11.8. The second-order valence-electron chi connectivity index (χ2n) is 5.89. The predicted octanol–water partition coefficient (Wildman–Crippen LogP) is 5.22. The Morgan fingerprint density at radius 1 is 1.13 bits per heavy atom. The standard InChI is InChI=1S/C19H23ClN2O/c1-14(2)16-10-8-15(9-11-16)5-4-12-21-19(23)22-18-7-3-6-17(20)13-18/h3,6-11,13-14H,4-5,12H2,1-2H3,(H2,21,22,23). The molecule has 0 aromatic heterocycles. The van der Waals surface area contributed by atoms with E-state index in [4.69, 9.17) is 11.6 Å². The maximum Gasteiger partial charge on any atom is 0.319 e. The Labute approximate surface area is 143 Å². The SMILES string of the molecule is CC(C)c1ccc(CCCNC(=O)Nc2cccc(Cl)c2)cc1. The largest absolute Gasteiger partial charge is 0.338 e. The summed E-state index contributed by atoms with van der Waals surface area (Å²) >= 11 is 5.88. The van der Waals surface area contributed by atoms with Gasteiger partial charge in [-0.3, -0.25) is 0 Å². The topological polar surface area (TPSA) is 41.1 Å². The fraction of sp³-hybridized carbons (Fsp3) is 0.316. The number of anilines is 1. The molecule has 4 heteroatoms. The molecular weight excluding hydrogens is 308 g/mol. The normalized spacial score (nSPS) is 10.6. The second-order valence-corrected chi connectivity index (χ2v) is 6.33. The van der Waals surface area contributed by atoms with Crippen LogP contribution in [0.4, 0.5) is 10.5 Å². The van der Waals surface area contributed by atoms with Crippen molar-refractivity contribution < 1.29 is 4.79 Å². The lowest BCUT2D eigenvalue weighted by atomic mass is 10.0. The summed E-state index contributed by atoms with van der Waals surface area (Å²) in [5, 5.41) is 6.23. The molecule has 0 aliphatic heterocycles. The Kier molecular flexibility index (Phi) is 6.48. The number of rotatable bonds is 6. The molecule has 23 heavy (non-hydrogen) atoms. The quantitative estimate of drug-likeness (QED) is 0.701. The van der Waals surface area contributed by atoms with Crippen LogP contribution in [-0.2, 0) is 6.42 Å². The third-order valence-electron chi connectivity index (χ3n) is 3.66. The predicted molar refractivity (Wildman–Crippen MR) is 97.3 cm³/mol. The van der Waals surface area contributed by atoms with E-state index in [0.717, 1.165) is 12.8 Å². The molecule has 0 aliphatic rings. The van der Waals surface area contributed by atoms with Gasteiger partial charge in [0.15, 0.2) is 0 Å². The van der Waals surface area contributed by atoms with Crippen LogP contribution in [0.25, 0.3) is 0 Å². The van der Waals surface area contributed by atoms with Crippen molar-refractivity contribution in [3.63, 3.8) is 0 Å². The number of halogens is 1. The molecule has 2 N–H and O–H groups in total. The molecule has 2 rings (SSSR count). The van der Waals surface area contributed by atoms with Gasteiger partial charge in [0, 0.05) is 17.3 Å². The lowest BCUT2D eigenvalue weighted by Crippen LogP contribution is -2.29. The molecular formula is C19H23ClN2O. The first-order chi connectivity index (χ1) is 11.0. The summed E-state index contributed by atoms with van der Waals surface area (Å²) in [6, 6.07) is 15.6. The number of amides is 2. The highest BCUT2D eigenvalue weighted by molar-refractivity contribution is 6.30. The molecule has 0 aliphatic carbocycles. The number of aryl methyl sites for hydroxylation is 1. The Morgan fingerprint density at radius 2 is 1.87 bits per heavy atom. The summed E-state index contributed by atoms with van der Waals surface area (Å²) in [5.41, 5.74) is 3.35. The highest BCUT2D eigenvalue weighted by atomic mass is 35.5. The molecule has 0 atom stereocenters. The molecule has 122 valence electrons. The van der Waals surface area contributed by atoms with Crippen LogP contribution < -0.4 is 10.6 Å². The number of hydrogen-bond donors (Lipinski definition) is 2. The van der Waals surface area contributed by atoms with E-state index in [9.17, 15) is 4.79 Å².